The smallest absolute Gasteiger partial charge is 0.319 e. The Bertz CT molecular complexity index is 1070. The Morgan fingerprint density at radius 3 is 2.43 bits per heavy atom. The fourth-order valence-corrected chi connectivity index (χ4v) is 3.38. The number of para-hydroxylation sites is 1. The molecular weight excluding hydrogens is 353 g/mol. The van der Waals surface area contributed by atoms with E-state index in [4.69, 9.17) is 0 Å². The summed E-state index contributed by atoms with van der Waals surface area (Å²) >= 11 is 0. The molecule has 0 bridgehead atoms. The van der Waals surface area contributed by atoms with Crippen molar-refractivity contribution in [2.75, 3.05) is 11.9 Å². The molecule has 0 spiro atoms. The van der Waals surface area contributed by atoms with Crippen LogP contribution < -0.4 is 10.6 Å². The van der Waals surface area contributed by atoms with Crippen molar-refractivity contribution in [3.8, 4) is 0 Å². The van der Waals surface area contributed by atoms with E-state index in [1.54, 1.807) is 0 Å². The molecule has 140 valence electrons. The summed E-state index contributed by atoms with van der Waals surface area (Å²) < 4.78 is 13.0. The van der Waals surface area contributed by atoms with Gasteiger partial charge >= 0.3 is 6.03 Å². The molecule has 4 nitrogen and oxygen atoms in total. The van der Waals surface area contributed by atoms with Crippen LogP contribution in [0.2, 0.25) is 0 Å². The number of hydrogen-bond donors (Lipinski definition) is 3. The third-order valence-electron chi connectivity index (χ3n) is 4.77. The van der Waals surface area contributed by atoms with Gasteiger partial charge < -0.3 is 15.6 Å². The first-order valence-electron chi connectivity index (χ1n) is 9.12. The third kappa shape index (κ3) is 3.88. The van der Waals surface area contributed by atoms with Crippen molar-refractivity contribution >= 4 is 22.6 Å². The maximum Gasteiger partial charge on any atom is 0.319 e. The van der Waals surface area contributed by atoms with Crippen LogP contribution in [0.3, 0.4) is 0 Å². The van der Waals surface area contributed by atoms with Gasteiger partial charge in [0.05, 0.1) is 0 Å². The van der Waals surface area contributed by atoms with Crippen molar-refractivity contribution in [3.63, 3.8) is 0 Å². The Morgan fingerprint density at radius 1 is 0.929 bits per heavy atom. The fourth-order valence-electron chi connectivity index (χ4n) is 3.38. The summed E-state index contributed by atoms with van der Waals surface area (Å²) in [7, 11) is 0. The van der Waals surface area contributed by atoms with Crippen LogP contribution in [0.5, 0.6) is 0 Å². The average molecular weight is 373 g/mol. The lowest BCUT2D eigenvalue weighted by atomic mass is 9.91. The number of nitrogens with one attached hydrogen (secondary N) is 3. The molecule has 2 amide bonds. The van der Waals surface area contributed by atoms with Crippen LogP contribution in [0.4, 0.5) is 14.9 Å². The van der Waals surface area contributed by atoms with Gasteiger partial charge in [-0.1, -0.05) is 48.5 Å². The number of hydrogen-bond acceptors (Lipinski definition) is 1. The molecule has 0 aliphatic rings. The van der Waals surface area contributed by atoms with E-state index >= 15 is 0 Å². The highest BCUT2D eigenvalue weighted by Gasteiger charge is 2.19. The molecule has 1 unspecified atom stereocenters. The van der Waals surface area contributed by atoms with Crippen LogP contribution in [-0.2, 0) is 0 Å². The van der Waals surface area contributed by atoms with E-state index in [1.165, 1.54) is 24.3 Å². The molecule has 0 aliphatic heterocycles. The number of rotatable bonds is 5. The number of aromatic amines is 1. The molecule has 0 fully saturated rings. The van der Waals surface area contributed by atoms with Crippen LogP contribution in [0.25, 0.3) is 10.9 Å². The molecule has 3 aromatic carbocycles. The summed E-state index contributed by atoms with van der Waals surface area (Å²) in [6.07, 6.45) is 2.00. The fraction of sp³-hybridized carbons (Fsp3) is 0.0870. The number of anilines is 1. The second kappa shape index (κ2) is 7.96. The van der Waals surface area contributed by atoms with E-state index < -0.39 is 0 Å². The van der Waals surface area contributed by atoms with Crippen LogP contribution in [0, 0.1) is 5.82 Å². The van der Waals surface area contributed by atoms with Gasteiger partial charge in [0.1, 0.15) is 5.82 Å². The largest absolute Gasteiger partial charge is 0.361 e. The second-order valence-corrected chi connectivity index (χ2v) is 6.59. The number of carbonyl (C=O) groups excluding carboxylic acids is 1. The zero-order valence-electron chi connectivity index (χ0n) is 15.2. The first-order valence-corrected chi connectivity index (χ1v) is 9.12. The van der Waals surface area contributed by atoms with E-state index in [-0.39, 0.29) is 17.8 Å². The Kier molecular flexibility index (Phi) is 5.06. The van der Waals surface area contributed by atoms with Crippen molar-refractivity contribution in [1.29, 1.82) is 0 Å². The first kappa shape index (κ1) is 17.8. The minimum atomic E-state index is -0.338. The minimum absolute atomic E-state index is 0.00341. The van der Waals surface area contributed by atoms with E-state index in [1.807, 2.05) is 42.6 Å². The highest BCUT2D eigenvalue weighted by molar-refractivity contribution is 5.89. The first-order chi connectivity index (χ1) is 13.7. The molecule has 4 rings (SSSR count). The molecule has 1 aromatic heterocycles. The van der Waals surface area contributed by atoms with Crippen molar-refractivity contribution in [1.82, 2.24) is 10.3 Å². The van der Waals surface area contributed by atoms with Crippen molar-refractivity contribution in [2.24, 2.45) is 0 Å². The van der Waals surface area contributed by atoms with E-state index in [0.29, 0.717) is 12.2 Å². The van der Waals surface area contributed by atoms with E-state index in [2.05, 4.69) is 33.8 Å². The standard InChI is InChI=1S/C23H20FN3O/c24-17-10-12-18(13-11-17)27-23(28)26-14-20(16-6-2-1-3-7-16)21-15-25-22-9-5-4-8-19(21)22/h1-13,15,20,25H,14H2,(H2,26,27,28). The van der Waals surface area contributed by atoms with E-state index in [9.17, 15) is 9.18 Å². The molecule has 1 atom stereocenters. The number of carbonyl (C=O) groups is 1. The maximum absolute atomic E-state index is 13.0. The lowest BCUT2D eigenvalue weighted by Crippen LogP contribution is -2.32. The molecule has 0 radical (unpaired) electrons. The Morgan fingerprint density at radius 2 is 1.64 bits per heavy atom. The lowest BCUT2D eigenvalue weighted by molar-refractivity contribution is 0.252. The van der Waals surface area contributed by atoms with Gasteiger partial charge in [-0.05, 0) is 41.5 Å². The number of benzene rings is 3. The van der Waals surface area contributed by atoms with Gasteiger partial charge in [-0.15, -0.1) is 0 Å². The molecule has 0 saturated heterocycles. The predicted molar refractivity (Wildman–Crippen MR) is 110 cm³/mol. The van der Waals surface area contributed by atoms with Gasteiger partial charge in [0.15, 0.2) is 0 Å². The predicted octanol–water partition coefficient (Wildman–Crippen LogP) is 5.26. The summed E-state index contributed by atoms with van der Waals surface area (Å²) in [4.78, 5) is 15.6. The van der Waals surface area contributed by atoms with Crippen LogP contribution in [-0.4, -0.2) is 17.6 Å². The normalized spacial score (nSPS) is 11.9. The molecule has 28 heavy (non-hydrogen) atoms. The number of halogens is 1. The summed E-state index contributed by atoms with van der Waals surface area (Å²) in [5.74, 6) is -0.342. The Balaban J connectivity index is 1.55. The molecule has 1 heterocycles. The molecule has 3 N–H and O–H groups in total. The second-order valence-electron chi connectivity index (χ2n) is 6.59. The lowest BCUT2D eigenvalue weighted by Gasteiger charge is -2.18. The molecule has 0 aliphatic carbocycles. The SMILES string of the molecule is O=C(NCC(c1ccccc1)c1c[nH]c2ccccc12)Nc1ccc(F)cc1. The minimum Gasteiger partial charge on any atom is -0.361 e. The number of aromatic nitrogens is 1. The summed E-state index contributed by atoms with van der Waals surface area (Å²) in [6, 6.07) is 23.6. The highest BCUT2D eigenvalue weighted by atomic mass is 19.1. The number of H-pyrrole nitrogens is 1. The summed E-state index contributed by atoms with van der Waals surface area (Å²) in [5.41, 5.74) is 3.86. The molecule has 5 heteroatoms. The van der Waals surface area contributed by atoms with Gasteiger partial charge in [-0.2, -0.15) is 0 Å². The maximum atomic E-state index is 13.0. The van der Waals surface area contributed by atoms with Crippen molar-refractivity contribution in [3.05, 3.63) is 102 Å². The van der Waals surface area contributed by atoms with Gasteiger partial charge in [0.2, 0.25) is 0 Å². The van der Waals surface area contributed by atoms with Crippen LogP contribution >= 0.6 is 0 Å². The van der Waals surface area contributed by atoms with Crippen molar-refractivity contribution in [2.45, 2.75) is 5.92 Å². The van der Waals surface area contributed by atoms with Gasteiger partial charge in [0.25, 0.3) is 0 Å². The van der Waals surface area contributed by atoms with Crippen molar-refractivity contribution < 1.29 is 9.18 Å². The molecular formula is C23H20FN3O. The van der Waals surface area contributed by atoms with Gasteiger partial charge in [-0.25, -0.2) is 9.18 Å². The van der Waals surface area contributed by atoms with E-state index in [0.717, 1.165) is 22.0 Å². The Labute approximate surface area is 162 Å². The quantitative estimate of drug-likeness (QED) is 0.439. The van der Waals surface area contributed by atoms with Crippen LogP contribution in [0.1, 0.15) is 17.0 Å². The van der Waals surface area contributed by atoms with Crippen LogP contribution in [0.15, 0.2) is 85.1 Å². The van der Waals surface area contributed by atoms with Gasteiger partial charge in [-0.3, -0.25) is 0 Å². The topological polar surface area (TPSA) is 56.9 Å². The number of fused-ring (bicyclic) bond motifs is 1. The van der Waals surface area contributed by atoms with Gasteiger partial charge in [0, 0.05) is 35.2 Å². The summed E-state index contributed by atoms with van der Waals surface area (Å²) in [5, 5.41) is 6.81. The number of urea groups is 1. The highest BCUT2D eigenvalue weighted by Crippen LogP contribution is 2.30. The number of amides is 2. The summed E-state index contributed by atoms with van der Waals surface area (Å²) in [6.45, 7) is 0.429. The third-order valence-corrected chi connectivity index (χ3v) is 4.77. The zero-order chi connectivity index (χ0) is 19.3. The molecule has 4 aromatic rings. The zero-order valence-corrected chi connectivity index (χ0v) is 15.2. The average Bonchev–Trinajstić information content (AvgIpc) is 3.15. The Hall–Kier alpha value is -3.60. The monoisotopic (exact) mass is 373 g/mol. The molecule has 0 saturated carbocycles.